The summed E-state index contributed by atoms with van der Waals surface area (Å²) in [4.78, 5) is 31.1. The van der Waals surface area contributed by atoms with Gasteiger partial charge in [0.2, 0.25) is 6.41 Å². The van der Waals surface area contributed by atoms with E-state index in [2.05, 4.69) is 20.5 Å². The van der Waals surface area contributed by atoms with Crippen LogP contribution in [-0.4, -0.2) is 50.6 Å². The van der Waals surface area contributed by atoms with Crippen LogP contribution in [0.15, 0.2) is 66.9 Å². The third-order valence-electron chi connectivity index (χ3n) is 8.51. The van der Waals surface area contributed by atoms with Crippen molar-refractivity contribution in [3.05, 3.63) is 78.1 Å². The standard InChI is InChI=1S/C31H31N5O3/c37-18-36-22-9-10-23(36)17-25(16-22)39-24-11-6-19(7-12-24)29-26-15-21(8-13-27(26)34-35-29)31(38)33-30(20-4-5-20)28-3-1-2-14-32-28/h1-3,6-8,11-15,18,20,22-23,25,30H,4-5,9-10,16-17H2,(H,33,38)(H,34,35). The van der Waals surface area contributed by atoms with Gasteiger partial charge in [0.05, 0.1) is 22.9 Å². The van der Waals surface area contributed by atoms with Crippen LogP contribution in [0.3, 0.4) is 0 Å². The fourth-order valence-electron chi connectivity index (χ4n) is 6.34. The summed E-state index contributed by atoms with van der Waals surface area (Å²) in [6.45, 7) is 0. The minimum Gasteiger partial charge on any atom is -0.490 e. The van der Waals surface area contributed by atoms with Gasteiger partial charge < -0.3 is 15.0 Å². The lowest BCUT2D eigenvalue weighted by atomic mass is 10.0. The predicted octanol–water partition coefficient (Wildman–Crippen LogP) is 5.04. The Morgan fingerprint density at radius 2 is 1.82 bits per heavy atom. The maximum absolute atomic E-state index is 13.3. The third kappa shape index (κ3) is 4.64. The number of nitrogens with one attached hydrogen (secondary N) is 2. The molecule has 2 bridgehead atoms. The highest BCUT2D eigenvalue weighted by atomic mass is 16.5. The van der Waals surface area contributed by atoms with Gasteiger partial charge in [-0.05, 0) is 86.2 Å². The molecule has 3 aliphatic rings. The van der Waals surface area contributed by atoms with Crippen molar-refractivity contribution in [2.45, 2.75) is 62.8 Å². The molecule has 1 aliphatic carbocycles. The monoisotopic (exact) mass is 521 g/mol. The molecule has 3 unspecified atom stereocenters. The van der Waals surface area contributed by atoms with Crippen molar-refractivity contribution in [3.63, 3.8) is 0 Å². The smallest absolute Gasteiger partial charge is 0.251 e. The average Bonchev–Trinajstić information content (AvgIpc) is 3.67. The second kappa shape index (κ2) is 9.84. The van der Waals surface area contributed by atoms with E-state index in [1.165, 1.54) is 0 Å². The first-order valence-corrected chi connectivity index (χ1v) is 13.9. The van der Waals surface area contributed by atoms with Crippen molar-refractivity contribution >= 4 is 23.2 Å². The molecule has 1 saturated carbocycles. The van der Waals surface area contributed by atoms with Gasteiger partial charge >= 0.3 is 0 Å². The first kappa shape index (κ1) is 23.9. The van der Waals surface area contributed by atoms with Crippen LogP contribution in [0.2, 0.25) is 0 Å². The van der Waals surface area contributed by atoms with Gasteiger partial charge in [0.1, 0.15) is 11.9 Å². The zero-order chi connectivity index (χ0) is 26.3. The molecule has 39 heavy (non-hydrogen) atoms. The third-order valence-corrected chi connectivity index (χ3v) is 8.51. The Kier molecular flexibility index (Phi) is 6.02. The number of hydrogen-bond donors (Lipinski definition) is 2. The molecule has 0 radical (unpaired) electrons. The van der Waals surface area contributed by atoms with E-state index in [4.69, 9.17) is 4.74 Å². The number of aromatic nitrogens is 3. The van der Waals surface area contributed by atoms with Crippen molar-refractivity contribution in [3.8, 4) is 17.0 Å². The molecule has 2 aliphatic heterocycles. The number of piperidine rings is 1. The number of carbonyl (C=O) groups is 2. The van der Waals surface area contributed by atoms with E-state index in [9.17, 15) is 9.59 Å². The highest BCUT2D eigenvalue weighted by Crippen LogP contribution is 2.41. The number of benzene rings is 2. The first-order chi connectivity index (χ1) is 19.2. The zero-order valence-corrected chi connectivity index (χ0v) is 21.6. The number of carbonyl (C=O) groups excluding carboxylic acids is 2. The molecule has 4 aromatic rings. The van der Waals surface area contributed by atoms with E-state index in [1.807, 2.05) is 65.6 Å². The summed E-state index contributed by atoms with van der Waals surface area (Å²) in [6.07, 6.45) is 9.01. The molecule has 2 N–H and O–H groups in total. The summed E-state index contributed by atoms with van der Waals surface area (Å²) in [7, 11) is 0. The molecule has 7 rings (SSSR count). The summed E-state index contributed by atoms with van der Waals surface area (Å²) in [5.41, 5.74) is 4.13. The van der Waals surface area contributed by atoms with Crippen LogP contribution >= 0.6 is 0 Å². The van der Waals surface area contributed by atoms with Crippen LogP contribution in [0.25, 0.3) is 22.2 Å². The quantitative estimate of drug-likeness (QED) is 0.317. The number of hydrogen-bond acceptors (Lipinski definition) is 5. The predicted molar refractivity (Wildman–Crippen MR) is 147 cm³/mol. The van der Waals surface area contributed by atoms with Gasteiger partial charge in [-0.15, -0.1) is 0 Å². The normalized spacial score (nSPS) is 23.0. The van der Waals surface area contributed by atoms with Gasteiger partial charge in [-0.25, -0.2) is 0 Å². The Bertz CT molecular complexity index is 1480. The molecule has 2 aromatic heterocycles. The minimum absolute atomic E-state index is 0.0772. The largest absolute Gasteiger partial charge is 0.490 e. The molecule has 8 nitrogen and oxygen atoms in total. The zero-order valence-electron chi connectivity index (χ0n) is 21.6. The van der Waals surface area contributed by atoms with E-state index in [-0.39, 0.29) is 18.1 Å². The van der Waals surface area contributed by atoms with E-state index < -0.39 is 0 Å². The van der Waals surface area contributed by atoms with E-state index in [1.54, 1.807) is 6.20 Å². The first-order valence-electron chi connectivity index (χ1n) is 13.9. The SMILES string of the molecule is O=CN1C2CCC1CC(Oc1ccc(-c3n[nH]c4ccc(C(=O)NC(c5ccccn5)C5CC5)cc34)cc1)C2. The molecule has 8 heteroatoms. The Labute approximate surface area is 226 Å². The van der Waals surface area contributed by atoms with Gasteiger partial charge in [-0.1, -0.05) is 6.07 Å². The van der Waals surface area contributed by atoms with Crippen LogP contribution in [0.4, 0.5) is 0 Å². The van der Waals surface area contributed by atoms with Crippen molar-refractivity contribution in [1.82, 2.24) is 25.4 Å². The Morgan fingerprint density at radius 1 is 1.03 bits per heavy atom. The maximum Gasteiger partial charge on any atom is 0.251 e. The molecule has 2 amide bonds. The summed E-state index contributed by atoms with van der Waals surface area (Å²) in [5, 5.41) is 11.8. The summed E-state index contributed by atoms with van der Waals surface area (Å²) in [6, 6.07) is 20.0. The van der Waals surface area contributed by atoms with Crippen LogP contribution in [-0.2, 0) is 4.79 Å². The molecule has 2 saturated heterocycles. The molecule has 198 valence electrons. The van der Waals surface area contributed by atoms with Crippen molar-refractivity contribution in [2.75, 3.05) is 0 Å². The van der Waals surface area contributed by atoms with E-state index in [0.717, 1.165) is 78.5 Å². The molecule has 3 fully saturated rings. The summed E-state index contributed by atoms with van der Waals surface area (Å²) >= 11 is 0. The lowest BCUT2D eigenvalue weighted by molar-refractivity contribution is -0.123. The van der Waals surface area contributed by atoms with Crippen LogP contribution in [0, 0.1) is 5.92 Å². The van der Waals surface area contributed by atoms with Crippen LogP contribution in [0.5, 0.6) is 5.75 Å². The summed E-state index contributed by atoms with van der Waals surface area (Å²) < 4.78 is 6.31. The van der Waals surface area contributed by atoms with E-state index >= 15 is 0 Å². The van der Waals surface area contributed by atoms with Gasteiger partial charge in [-0.2, -0.15) is 5.10 Å². The number of H-pyrrole nitrogens is 1. The average molecular weight is 522 g/mol. The molecular formula is C31H31N5O3. The molecule has 4 heterocycles. The lowest BCUT2D eigenvalue weighted by Gasteiger charge is -2.36. The second-order valence-corrected chi connectivity index (χ2v) is 11.0. The Balaban J connectivity index is 1.08. The van der Waals surface area contributed by atoms with Gasteiger partial charge in [0, 0.05) is 47.6 Å². The lowest BCUT2D eigenvalue weighted by Crippen LogP contribution is -2.45. The van der Waals surface area contributed by atoms with Crippen molar-refractivity contribution in [2.24, 2.45) is 5.92 Å². The van der Waals surface area contributed by atoms with Gasteiger partial charge in [0.25, 0.3) is 5.91 Å². The topological polar surface area (TPSA) is 100 Å². The molecule has 0 spiro atoms. The summed E-state index contributed by atoms with van der Waals surface area (Å²) in [5.74, 6) is 1.15. The number of rotatable bonds is 8. The van der Waals surface area contributed by atoms with E-state index in [0.29, 0.717) is 23.6 Å². The molecule has 2 aromatic carbocycles. The fourth-order valence-corrected chi connectivity index (χ4v) is 6.34. The van der Waals surface area contributed by atoms with Crippen LogP contribution < -0.4 is 10.1 Å². The van der Waals surface area contributed by atoms with Gasteiger partial charge in [-0.3, -0.25) is 19.7 Å². The highest BCUT2D eigenvalue weighted by Gasteiger charge is 2.41. The van der Waals surface area contributed by atoms with Gasteiger partial charge in [0.15, 0.2) is 0 Å². The highest BCUT2D eigenvalue weighted by molar-refractivity contribution is 6.01. The number of nitrogens with zero attached hydrogens (tertiary/aromatic N) is 3. The Morgan fingerprint density at radius 3 is 2.51 bits per heavy atom. The number of aromatic amines is 1. The number of pyridine rings is 1. The maximum atomic E-state index is 13.3. The number of ether oxygens (including phenoxy) is 1. The van der Waals surface area contributed by atoms with Crippen molar-refractivity contribution in [1.29, 1.82) is 0 Å². The minimum atomic E-state index is -0.107. The molecular weight excluding hydrogens is 490 g/mol. The molecule has 3 atom stereocenters. The van der Waals surface area contributed by atoms with Crippen LogP contribution in [0.1, 0.15) is 60.6 Å². The number of amides is 2. The second-order valence-electron chi connectivity index (χ2n) is 11.0. The fraction of sp³-hybridized carbons (Fsp3) is 0.355. The number of fused-ring (bicyclic) bond motifs is 3. The Hall–Kier alpha value is -4.20. The van der Waals surface area contributed by atoms with Crippen molar-refractivity contribution < 1.29 is 14.3 Å².